The Morgan fingerprint density at radius 2 is 1.76 bits per heavy atom. The summed E-state index contributed by atoms with van der Waals surface area (Å²) in [7, 11) is 0. The first-order valence-corrected chi connectivity index (χ1v) is 14.8. The zero-order valence-electron chi connectivity index (χ0n) is 24.3. The third-order valence-corrected chi connectivity index (χ3v) is 9.11. The van der Waals surface area contributed by atoms with Crippen molar-refractivity contribution in [2.45, 2.75) is 125 Å². The molecule has 2 saturated carbocycles. The van der Waals surface area contributed by atoms with Crippen LogP contribution < -0.4 is 22.1 Å². The van der Waals surface area contributed by atoms with Gasteiger partial charge >= 0.3 is 0 Å². The van der Waals surface area contributed by atoms with Crippen molar-refractivity contribution >= 4 is 5.84 Å². The van der Waals surface area contributed by atoms with Crippen molar-refractivity contribution in [3.8, 4) is 0 Å². The van der Waals surface area contributed by atoms with Gasteiger partial charge in [-0.2, -0.15) is 0 Å². The Bertz CT molecular complexity index is 880. The summed E-state index contributed by atoms with van der Waals surface area (Å²) in [6.45, 7) is 6.40. The van der Waals surface area contributed by atoms with E-state index in [-0.39, 0.29) is 37.5 Å². The molecule has 0 aromatic carbocycles. The highest BCUT2D eigenvalue weighted by atomic mass is 16.7. The molecule has 2 aliphatic carbocycles. The van der Waals surface area contributed by atoms with Crippen LogP contribution in [-0.2, 0) is 18.9 Å². The van der Waals surface area contributed by atoms with E-state index < -0.39 is 72.2 Å². The first-order chi connectivity index (χ1) is 19.3. The molecule has 2 heterocycles. The second-order valence-electron chi connectivity index (χ2n) is 12.9. The lowest BCUT2D eigenvalue weighted by Crippen LogP contribution is -2.68. The van der Waals surface area contributed by atoms with Crippen LogP contribution in [0.25, 0.3) is 0 Å². The minimum absolute atomic E-state index is 0.0803. The standard InChI is InChI=1S/C27H51N5O9/c1-13(11-33)9-31-10-15-4-5-16(28)23(39-15)40-21-17(29)8-18(32-25(30)27(37)6-7-27)22(20(21)35)41-24-19(34)14(2)26(3,36)12-38-24/h13-24,31,33-37H,4-12,28-29H2,1-3H3,(H2,30,32)/t13?,14-,15+,16?,17+,18-,19?,20?,21?,22?,23-,24-,26?/m1/s1. The number of hydrogen-bond acceptors (Lipinski definition) is 13. The van der Waals surface area contributed by atoms with Gasteiger partial charge in [-0.3, -0.25) is 5.41 Å². The van der Waals surface area contributed by atoms with Crippen LogP contribution in [0.4, 0.5) is 0 Å². The van der Waals surface area contributed by atoms with Gasteiger partial charge in [0, 0.05) is 25.1 Å². The summed E-state index contributed by atoms with van der Waals surface area (Å²) >= 11 is 0. The highest BCUT2D eigenvalue weighted by Gasteiger charge is 2.53. The number of ether oxygens (including phenoxy) is 4. The molecule has 0 aromatic heterocycles. The van der Waals surface area contributed by atoms with Crippen molar-refractivity contribution in [3.63, 3.8) is 0 Å². The van der Waals surface area contributed by atoms with Crippen molar-refractivity contribution in [3.05, 3.63) is 0 Å². The van der Waals surface area contributed by atoms with Crippen LogP contribution in [0.5, 0.6) is 0 Å². The van der Waals surface area contributed by atoms with Crippen LogP contribution in [0.2, 0.25) is 0 Å². The number of hydrogen-bond donors (Lipinski definition) is 10. The highest BCUT2D eigenvalue weighted by Crippen LogP contribution is 2.37. The molecule has 0 amide bonds. The van der Waals surface area contributed by atoms with Gasteiger partial charge in [-0.15, -0.1) is 0 Å². The van der Waals surface area contributed by atoms with Gasteiger partial charge in [-0.25, -0.2) is 0 Å². The second kappa shape index (κ2) is 13.3. The smallest absolute Gasteiger partial charge is 0.184 e. The lowest BCUT2D eigenvalue weighted by molar-refractivity contribution is -0.313. The summed E-state index contributed by atoms with van der Waals surface area (Å²) in [5.74, 6) is -0.544. The van der Waals surface area contributed by atoms with E-state index >= 15 is 0 Å². The summed E-state index contributed by atoms with van der Waals surface area (Å²) in [6, 6.07) is -1.83. The molecule has 14 nitrogen and oxygen atoms in total. The predicted molar refractivity (Wildman–Crippen MR) is 148 cm³/mol. The lowest BCUT2D eigenvalue weighted by Gasteiger charge is -2.49. The molecule has 4 fully saturated rings. The van der Waals surface area contributed by atoms with Crippen LogP contribution >= 0.6 is 0 Å². The van der Waals surface area contributed by atoms with E-state index in [0.29, 0.717) is 32.4 Å². The van der Waals surface area contributed by atoms with Gasteiger partial charge in [-0.1, -0.05) is 13.8 Å². The summed E-state index contributed by atoms with van der Waals surface area (Å²) in [4.78, 5) is 0. The quantitative estimate of drug-likeness (QED) is 0.0884. The summed E-state index contributed by atoms with van der Waals surface area (Å²) in [5.41, 5.74) is 10.3. The van der Waals surface area contributed by atoms with Gasteiger partial charge in [0.05, 0.1) is 30.4 Å². The Kier molecular flexibility index (Phi) is 10.7. The van der Waals surface area contributed by atoms with Crippen LogP contribution in [0.3, 0.4) is 0 Å². The van der Waals surface area contributed by atoms with E-state index in [1.807, 2.05) is 6.92 Å². The molecule has 4 aliphatic rings. The van der Waals surface area contributed by atoms with Gasteiger partial charge in [0.25, 0.3) is 0 Å². The maximum absolute atomic E-state index is 11.6. The third kappa shape index (κ3) is 7.75. The van der Waals surface area contributed by atoms with Gasteiger partial charge in [-0.05, 0) is 51.5 Å². The van der Waals surface area contributed by atoms with Crippen molar-refractivity contribution < 1.29 is 44.5 Å². The first kappa shape index (κ1) is 32.9. The lowest BCUT2D eigenvalue weighted by atomic mass is 9.82. The summed E-state index contributed by atoms with van der Waals surface area (Å²) in [5, 5.41) is 67.3. The molecule has 0 aromatic rings. The average molecular weight is 590 g/mol. The van der Waals surface area contributed by atoms with E-state index in [9.17, 15) is 25.5 Å². The van der Waals surface area contributed by atoms with Crippen molar-refractivity contribution in [1.82, 2.24) is 10.6 Å². The Morgan fingerprint density at radius 1 is 1.07 bits per heavy atom. The van der Waals surface area contributed by atoms with E-state index in [2.05, 4.69) is 10.6 Å². The van der Waals surface area contributed by atoms with Crippen LogP contribution in [0, 0.1) is 17.2 Å². The maximum Gasteiger partial charge on any atom is 0.184 e. The molecular weight excluding hydrogens is 538 g/mol. The molecule has 2 aliphatic heterocycles. The van der Waals surface area contributed by atoms with Crippen molar-refractivity contribution in [1.29, 1.82) is 5.41 Å². The molecule has 2 saturated heterocycles. The minimum Gasteiger partial charge on any atom is -0.396 e. The molecule has 4 rings (SSSR count). The molecule has 0 spiro atoms. The third-order valence-electron chi connectivity index (χ3n) is 9.11. The Labute approximate surface area is 241 Å². The monoisotopic (exact) mass is 589 g/mol. The molecule has 7 unspecified atom stereocenters. The SMILES string of the molecule is CC(CO)CNC[C@@H]1CCC(N)[C@@H](OC2C(O)C(O[C@H]3OCC(C)(O)[C@H](C)C3O)[C@H](NC(=N)C3(O)CC3)C[C@@H]2N)O1. The number of amidine groups is 1. The molecule has 0 radical (unpaired) electrons. The number of aliphatic hydroxyl groups excluding tert-OH is 3. The van der Waals surface area contributed by atoms with Crippen LogP contribution in [0.1, 0.15) is 52.9 Å². The molecule has 13 atom stereocenters. The van der Waals surface area contributed by atoms with E-state index in [1.165, 1.54) is 0 Å². The van der Waals surface area contributed by atoms with E-state index in [0.717, 1.165) is 6.42 Å². The van der Waals surface area contributed by atoms with E-state index in [1.54, 1.807) is 13.8 Å². The molecule has 12 N–H and O–H groups in total. The van der Waals surface area contributed by atoms with Gasteiger partial charge in [0.1, 0.15) is 35.9 Å². The fraction of sp³-hybridized carbons (Fsp3) is 0.963. The van der Waals surface area contributed by atoms with Crippen molar-refractivity contribution in [2.75, 3.05) is 26.3 Å². The average Bonchev–Trinajstić information content (AvgIpc) is 3.68. The Hall–Kier alpha value is -1.01. The van der Waals surface area contributed by atoms with Gasteiger partial charge < -0.3 is 66.6 Å². The fourth-order valence-corrected chi connectivity index (χ4v) is 5.65. The van der Waals surface area contributed by atoms with Crippen LogP contribution in [0.15, 0.2) is 0 Å². The van der Waals surface area contributed by atoms with Gasteiger partial charge in [0.2, 0.25) is 0 Å². The maximum atomic E-state index is 11.6. The highest BCUT2D eigenvalue weighted by molar-refractivity contribution is 5.90. The molecule has 41 heavy (non-hydrogen) atoms. The largest absolute Gasteiger partial charge is 0.396 e. The molecule has 0 bridgehead atoms. The van der Waals surface area contributed by atoms with Crippen molar-refractivity contribution in [2.24, 2.45) is 23.3 Å². The topological polar surface area (TPSA) is 238 Å². The normalized spacial score (nSPS) is 45.2. The number of rotatable bonds is 11. The summed E-state index contributed by atoms with van der Waals surface area (Å²) in [6.07, 6.45) is -4.18. The molecule has 238 valence electrons. The predicted octanol–water partition coefficient (Wildman–Crippen LogP) is -2.54. The van der Waals surface area contributed by atoms with Gasteiger partial charge in [0.15, 0.2) is 12.6 Å². The zero-order chi connectivity index (χ0) is 30.1. The molecular formula is C27H51N5O9. The zero-order valence-corrected chi connectivity index (χ0v) is 24.3. The first-order valence-electron chi connectivity index (χ1n) is 14.8. The summed E-state index contributed by atoms with van der Waals surface area (Å²) < 4.78 is 24.2. The Morgan fingerprint density at radius 3 is 2.41 bits per heavy atom. The fourth-order valence-electron chi connectivity index (χ4n) is 5.65. The number of aliphatic hydroxyl groups is 5. The Balaban J connectivity index is 1.45. The second-order valence-corrected chi connectivity index (χ2v) is 12.9. The molecule has 14 heteroatoms. The number of nitrogens with one attached hydrogen (secondary N) is 3. The number of nitrogens with two attached hydrogens (primary N) is 2. The van der Waals surface area contributed by atoms with E-state index in [4.69, 9.17) is 35.8 Å². The van der Waals surface area contributed by atoms with Crippen LogP contribution in [-0.4, -0.2) is 130 Å². The minimum atomic E-state index is -1.33.